The van der Waals surface area contributed by atoms with Crippen molar-refractivity contribution >= 4 is 0 Å². The summed E-state index contributed by atoms with van der Waals surface area (Å²) in [4.78, 5) is 0. The van der Waals surface area contributed by atoms with E-state index < -0.39 is 180 Å². The SMILES string of the molecule is OC[C@H]1O[C@H](OC[C@H]2O[C@H](OC[C@H]3O[C@H](OC[C@H]4O[C@H](O[C@@H]5CO[C@H](O)[C@H](O)[C@H]5O)[C@H](O)[C@@H](O)[C@@H]4O)[C@H](O)[C@@H](O)[C@@H]3O)[C@H](O)[C@@H](O)[C@@H]2O)[C@H](O)[C@@H](O)[C@@H]1O. The van der Waals surface area contributed by atoms with Gasteiger partial charge in [-0.25, -0.2) is 0 Å². The smallest absolute Gasteiger partial charge is 0.187 e. The van der Waals surface area contributed by atoms with Gasteiger partial charge in [-0.15, -0.1) is 0 Å². The predicted octanol–water partition coefficient (Wildman–Crippen LogP) is -11.3. The van der Waals surface area contributed by atoms with Crippen LogP contribution in [0.4, 0.5) is 0 Å². The Kier molecular flexibility index (Phi) is 15.3. The van der Waals surface area contributed by atoms with Crippen molar-refractivity contribution in [1.29, 1.82) is 0 Å². The van der Waals surface area contributed by atoms with E-state index in [1.807, 2.05) is 0 Å². The highest BCUT2D eigenvalue weighted by Crippen LogP contribution is 2.30. The molecule has 25 nitrogen and oxygen atoms in total. The lowest BCUT2D eigenvalue weighted by Crippen LogP contribution is -2.63. The maximum Gasteiger partial charge on any atom is 0.187 e. The minimum absolute atomic E-state index is 0.462. The van der Waals surface area contributed by atoms with Crippen molar-refractivity contribution in [2.45, 2.75) is 147 Å². The molecule has 24 atom stereocenters. The maximum absolute atomic E-state index is 10.6. The molecule has 0 aromatic rings. The molecular formula is C29H50O25. The average Bonchev–Trinajstić information content (AvgIpc) is 3.16. The second kappa shape index (κ2) is 18.7. The first-order chi connectivity index (χ1) is 25.5. The molecule has 16 N–H and O–H groups in total. The molecule has 0 radical (unpaired) electrons. The van der Waals surface area contributed by atoms with Crippen molar-refractivity contribution in [1.82, 2.24) is 0 Å². The van der Waals surface area contributed by atoms with E-state index in [1.54, 1.807) is 0 Å². The second-order valence-corrected chi connectivity index (χ2v) is 13.6. The Hall–Kier alpha value is -1.00. The van der Waals surface area contributed by atoms with E-state index in [0.29, 0.717) is 0 Å². The van der Waals surface area contributed by atoms with Gasteiger partial charge >= 0.3 is 0 Å². The molecule has 0 bridgehead atoms. The van der Waals surface area contributed by atoms with Crippen LogP contribution in [0.25, 0.3) is 0 Å². The van der Waals surface area contributed by atoms with Gasteiger partial charge in [0.05, 0.1) is 33.0 Å². The molecule has 0 amide bonds. The zero-order valence-electron chi connectivity index (χ0n) is 28.2. The third kappa shape index (κ3) is 9.31. The number of hydrogen-bond donors (Lipinski definition) is 16. The Bertz CT molecular complexity index is 1160. The molecule has 0 aliphatic carbocycles. The van der Waals surface area contributed by atoms with Crippen molar-refractivity contribution in [3.63, 3.8) is 0 Å². The minimum Gasteiger partial charge on any atom is -0.394 e. The quantitative estimate of drug-likeness (QED) is 0.0871. The summed E-state index contributed by atoms with van der Waals surface area (Å²) in [5.41, 5.74) is 0. The zero-order valence-corrected chi connectivity index (χ0v) is 28.2. The van der Waals surface area contributed by atoms with Crippen LogP contribution in [0, 0.1) is 0 Å². The van der Waals surface area contributed by atoms with Crippen LogP contribution in [-0.2, 0) is 42.6 Å². The number of ether oxygens (including phenoxy) is 9. The van der Waals surface area contributed by atoms with Crippen LogP contribution in [0.2, 0.25) is 0 Å². The van der Waals surface area contributed by atoms with Crippen LogP contribution < -0.4 is 0 Å². The predicted molar refractivity (Wildman–Crippen MR) is 161 cm³/mol. The summed E-state index contributed by atoms with van der Waals surface area (Å²) >= 11 is 0. The van der Waals surface area contributed by atoms with Gasteiger partial charge in [-0.1, -0.05) is 0 Å². The molecule has 0 aromatic heterocycles. The van der Waals surface area contributed by atoms with Crippen LogP contribution in [0.15, 0.2) is 0 Å². The number of rotatable bonds is 12. The monoisotopic (exact) mass is 798 g/mol. The molecule has 0 saturated carbocycles. The van der Waals surface area contributed by atoms with Crippen molar-refractivity contribution in [2.24, 2.45) is 0 Å². The van der Waals surface area contributed by atoms with Gasteiger partial charge in [0.25, 0.3) is 0 Å². The van der Waals surface area contributed by atoms with E-state index in [-0.39, 0.29) is 0 Å². The summed E-state index contributed by atoms with van der Waals surface area (Å²) in [6, 6.07) is 0. The van der Waals surface area contributed by atoms with Crippen molar-refractivity contribution < 1.29 is 124 Å². The summed E-state index contributed by atoms with van der Waals surface area (Å²) in [6.07, 6.45) is -41.7. The van der Waals surface area contributed by atoms with Crippen molar-refractivity contribution in [3.8, 4) is 0 Å². The lowest BCUT2D eigenvalue weighted by Gasteiger charge is -2.45. The summed E-state index contributed by atoms with van der Waals surface area (Å²) in [7, 11) is 0. The molecule has 5 fully saturated rings. The van der Waals surface area contributed by atoms with Gasteiger partial charge in [0.1, 0.15) is 116 Å². The minimum atomic E-state index is -1.95. The molecule has 5 aliphatic heterocycles. The highest BCUT2D eigenvalue weighted by Gasteiger charge is 2.51. The molecule has 5 rings (SSSR count). The number of aliphatic hydroxyl groups excluding tert-OH is 16. The number of hydrogen-bond acceptors (Lipinski definition) is 25. The first-order valence-corrected chi connectivity index (χ1v) is 17.0. The zero-order chi connectivity index (χ0) is 39.8. The largest absolute Gasteiger partial charge is 0.394 e. The van der Waals surface area contributed by atoms with E-state index in [2.05, 4.69) is 0 Å². The molecule has 0 spiro atoms. The summed E-state index contributed by atoms with van der Waals surface area (Å²) < 4.78 is 48.4. The van der Waals surface area contributed by atoms with E-state index in [1.165, 1.54) is 0 Å². The molecule has 25 heteroatoms. The molecule has 54 heavy (non-hydrogen) atoms. The third-order valence-electron chi connectivity index (χ3n) is 9.89. The topological polar surface area (TPSA) is 407 Å². The van der Waals surface area contributed by atoms with Gasteiger partial charge in [-0.3, -0.25) is 0 Å². The summed E-state index contributed by atoms with van der Waals surface area (Å²) in [6.45, 7) is -3.33. The van der Waals surface area contributed by atoms with Gasteiger partial charge in [0.2, 0.25) is 0 Å². The van der Waals surface area contributed by atoms with E-state index in [4.69, 9.17) is 42.6 Å². The van der Waals surface area contributed by atoms with Gasteiger partial charge in [0, 0.05) is 0 Å². The first-order valence-electron chi connectivity index (χ1n) is 17.0. The Morgan fingerprint density at radius 2 is 0.704 bits per heavy atom. The summed E-state index contributed by atoms with van der Waals surface area (Å²) in [5.74, 6) is 0. The normalized spacial score (nSPS) is 53.3. The fourth-order valence-electron chi connectivity index (χ4n) is 6.40. The Morgan fingerprint density at radius 1 is 0.370 bits per heavy atom. The molecule has 316 valence electrons. The molecule has 0 unspecified atom stereocenters. The lowest BCUT2D eigenvalue weighted by atomic mass is 9.97. The summed E-state index contributed by atoms with van der Waals surface area (Å²) in [5, 5.41) is 164. The number of aliphatic hydroxyl groups is 16. The first kappa shape index (κ1) is 44.1. The Labute approximate surface area is 305 Å². The van der Waals surface area contributed by atoms with Gasteiger partial charge in [-0.05, 0) is 0 Å². The van der Waals surface area contributed by atoms with Crippen molar-refractivity contribution in [2.75, 3.05) is 33.0 Å². The third-order valence-corrected chi connectivity index (χ3v) is 9.89. The average molecular weight is 799 g/mol. The van der Waals surface area contributed by atoms with E-state index in [0.717, 1.165) is 0 Å². The Balaban J connectivity index is 1.16. The lowest BCUT2D eigenvalue weighted by molar-refractivity contribution is -0.356. The standard InChI is InChI=1S/C29H50O25/c30-1-6-11(31)16(36)21(41)26(50-6)47-3-8-12(32)17(37)22(42)27(51-8)48-4-9-13(33)18(38)23(43)28(52-9)49-5-10-14(34)19(39)24(44)29(54-10)53-7-2-46-25(45)20(40)15(7)35/h6-45H,1-5H2/t6-,7-,8-,9-,10-,11-,12-,13-,14-,15+,16+,17+,18+,19+,20-,21-,22-,23-,24-,25+,26+,27+,28+,29+/m1/s1. The maximum atomic E-state index is 10.6. The van der Waals surface area contributed by atoms with Crippen LogP contribution >= 0.6 is 0 Å². The van der Waals surface area contributed by atoms with Crippen LogP contribution in [0.3, 0.4) is 0 Å². The second-order valence-electron chi connectivity index (χ2n) is 13.6. The van der Waals surface area contributed by atoms with E-state index in [9.17, 15) is 81.7 Å². The van der Waals surface area contributed by atoms with Crippen molar-refractivity contribution in [3.05, 3.63) is 0 Å². The fourth-order valence-corrected chi connectivity index (χ4v) is 6.40. The van der Waals surface area contributed by atoms with Gasteiger partial charge < -0.3 is 124 Å². The van der Waals surface area contributed by atoms with Crippen LogP contribution in [0.5, 0.6) is 0 Å². The van der Waals surface area contributed by atoms with Gasteiger partial charge in [-0.2, -0.15) is 0 Å². The molecule has 5 aliphatic rings. The molecule has 5 saturated heterocycles. The van der Waals surface area contributed by atoms with Crippen LogP contribution in [-0.4, -0.2) is 262 Å². The van der Waals surface area contributed by atoms with E-state index >= 15 is 0 Å². The highest BCUT2D eigenvalue weighted by molar-refractivity contribution is 4.95. The highest BCUT2D eigenvalue weighted by atomic mass is 16.8. The molecule has 0 aromatic carbocycles. The van der Waals surface area contributed by atoms with Crippen LogP contribution in [0.1, 0.15) is 0 Å². The Morgan fingerprint density at radius 3 is 1.09 bits per heavy atom. The molecule has 5 heterocycles. The van der Waals surface area contributed by atoms with Gasteiger partial charge in [0.15, 0.2) is 31.5 Å². The fraction of sp³-hybridized carbons (Fsp3) is 1.00. The molecular weight excluding hydrogens is 748 g/mol.